The lowest BCUT2D eigenvalue weighted by Crippen LogP contribution is -2.49. The summed E-state index contributed by atoms with van der Waals surface area (Å²) in [6.07, 6.45) is 2.40. The number of benzene rings is 2. The maximum Gasteiger partial charge on any atom is 0.335 e. The third kappa shape index (κ3) is 3.45. The molecule has 0 radical (unpaired) electrons. The van der Waals surface area contributed by atoms with Crippen LogP contribution in [0.4, 0.5) is 5.69 Å². The average molecular weight is 378 g/mol. The number of carboxylic acids is 1. The third-order valence-corrected chi connectivity index (χ3v) is 5.38. The van der Waals surface area contributed by atoms with Crippen LogP contribution in [0.25, 0.3) is 6.08 Å². The summed E-state index contributed by atoms with van der Waals surface area (Å²) in [6, 6.07) is 13.0. The van der Waals surface area contributed by atoms with Gasteiger partial charge >= 0.3 is 5.97 Å². The van der Waals surface area contributed by atoms with Crippen LogP contribution < -0.4 is 9.64 Å². The van der Waals surface area contributed by atoms with Crippen molar-refractivity contribution < 1.29 is 19.4 Å². The fourth-order valence-corrected chi connectivity index (χ4v) is 3.77. The highest BCUT2D eigenvalue weighted by Crippen LogP contribution is 2.28. The molecule has 1 N–H and O–H groups in total. The number of fused-ring (bicyclic) bond motifs is 1. The molecule has 28 heavy (non-hydrogen) atoms. The zero-order chi connectivity index (χ0) is 19.7. The maximum absolute atomic E-state index is 12.9. The molecule has 6 heteroatoms. The molecule has 0 atom stereocenters. The summed E-state index contributed by atoms with van der Waals surface area (Å²) in [6.45, 7) is 2.89. The fraction of sp³-hybridized carbons (Fsp3) is 0.273. The van der Waals surface area contributed by atoms with Gasteiger partial charge in [0.1, 0.15) is 5.75 Å². The number of nitrogens with zero attached hydrogens (tertiary/aromatic N) is 2. The molecule has 1 amide bonds. The van der Waals surface area contributed by atoms with E-state index in [1.807, 2.05) is 35.2 Å². The Morgan fingerprint density at radius 3 is 2.36 bits per heavy atom. The summed E-state index contributed by atoms with van der Waals surface area (Å²) in [5, 5.41) is 9.14. The lowest BCUT2D eigenvalue weighted by molar-refractivity contribution is -0.127. The van der Waals surface area contributed by atoms with Gasteiger partial charge in [-0.25, -0.2) is 4.79 Å². The molecular weight excluding hydrogens is 356 g/mol. The highest BCUT2D eigenvalue weighted by atomic mass is 16.5. The molecule has 1 saturated heterocycles. The first-order chi connectivity index (χ1) is 13.5. The molecule has 1 heterocycles. The molecule has 6 nitrogen and oxygen atoms in total. The number of amides is 1. The summed E-state index contributed by atoms with van der Waals surface area (Å²) in [5.74, 6) is -0.0792. The highest BCUT2D eigenvalue weighted by molar-refractivity contribution is 6.01. The molecule has 2 aliphatic rings. The van der Waals surface area contributed by atoms with Crippen molar-refractivity contribution in [2.24, 2.45) is 0 Å². The number of hydrogen-bond donors (Lipinski definition) is 1. The summed E-state index contributed by atoms with van der Waals surface area (Å²) in [7, 11) is 1.65. The number of carbonyl (C=O) groups is 2. The smallest absolute Gasteiger partial charge is 0.335 e. The molecule has 144 valence electrons. The fourth-order valence-electron chi connectivity index (χ4n) is 3.77. The molecule has 0 spiro atoms. The summed E-state index contributed by atoms with van der Waals surface area (Å²) < 4.78 is 5.20. The van der Waals surface area contributed by atoms with Gasteiger partial charge < -0.3 is 19.6 Å². The zero-order valence-corrected chi connectivity index (χ0v) is 15.7. The topological polar surface area (TPSA) is 70.1 Å². The van der Waals surface area contributed by atoms with E-state index in [0.717, 1.165) is 41.2 Å². The molecule has 0 aromatic heterocycles. The minimum Gasteiger partial charge on any atom is -0.497 e. The van der Waals surface area contributed by atoms with E-state index in [1.54, 1.807) is 25.3 Å². The molecular formula is C22H22N2O4. The lowest BCUT2D eigenvalue weighted by Gasteiger charge is -2.36. The van der Waals surface area contributed by atoms with Gasteiger partial charge in [-0.15, -0.1) is 0 Å². The molecule has 0 saturated carbocycles. The third-order valence-electron chi connectivity index (χ3n) is 5.38. The van der Waals surface area contributed by atoms with E-state index in [0.29, 0.717) is 19.5 Å². The number of piperazine rings is 1. The Morgan fingerprint density at radius 1 is 1.00 bits per heavy atom. The lowest BCUT2D eigenvalue weighted by atomic mass is 10.1. The van der Waals surface area contributed by atoms with E-state index < -0.39 is 5.97 Å². The Hall–Kier alpha value is -3.28. The van der Waals surface area contributed by atoms with Gasteiger partial charge in [-0.3, -0.25) is 4.79 Å². The van der Waals surface area contributed by atoms with Crippen molar-refractivity contribution in [1.29, 1.82) is 0 Å². The number of methoxy groups -OCH3 is 1. The maximum atomic E-state index is 12.9. The van der Waals surface area contributed by atoms with Crippen LogP contribution in [0, 0.1) is 0 Å². The highest BCUT2D eigenvalue weighted by Gasteiger charge is 2.27. The Morgan fingerprint density at radius 2 is 1.71 bits per heavy atom. The van der Waals surface area contributed by atoms with Gasteiger partial charge in [-0.1, -0.05) is 6.07 Å². The van der Waals surface area contributed by atoms with E-state index in [4.69, 9.17) is 9.84 Å². The number of aromatic carboxylic acids is 1. The van der Waals surface area contributed by atoms with E-state index in [1.165, 1.54) is 0 Å². The predicted molar refractivity (Wildman–Crippen MR) is 107 cm³/mol. The minimum absolute atomic E-state index is 0.0439. The molecule has 2 aromatic carbocycles. The molecule has 1 aliphatic heterocycles. The number of rotatable bonds is 4. The SMILES string of the molecule is COc1ccc(N2CCN(C(=O)C3=Cc4cc(C(=O)O)ccc4C3)CC2)cc1. The second-order valence-electron chi connectivity index (χ2n) is 7.04. The van der Waals surface area contributed by atoms with Gasteiger partial charge in [-0.2, -0.15) is 0 Å². The molecule has 2 aromatic rings. The second kappa shape index (κ2) is 7.38. The Balaban J connectivity index is 1.40. The largest absolute Gasteiger partial charge is 0.497 e. The van der Waals surface area contributed by atoms with Gasteiger partial charge in [0.05, 0.1) is 12.7 Å². The van der Waals surface area contributed by atoms with Gasteiger partial charge in [-0.05, 0) is 53.6 Å². The molecule has 0 bridgehead atoms. The molecule has 1 aliphatic carbocycles. The van der Waals surface area contributed by atoms with Crippen LogP contribution in [0.3, 0.4) is 0 Å². The first kappa shape index (κ1) is 18.1. The monoisotopic (exact) mass is 378 g/mol. The minimum atomic E-state index is -0.953. The number of hydrogen-bond acceptors (Lipinski definition) is 4. The van der Waals surface area contributed by atoms with Crippen LogP contribution in [0.1, 0.15) is 21.5 Å². The quantitative estimate of drug-likeness (QED) is 0.886. The summed E-state index contributed by atoms with van der Waals surface area (Å²) >= 11 is 0. The van der Waals surface area contributed by atoms with Gasteiger partial charge in [0, 0.05) is 43.9 Å². The van der Waals surface area contributed by atoms with Crippen LogP contribution in [0.15, 0.2) is 48.0 Å². The van der Waals surface area contributed by atoms with Crippen LogP contribution in [0.5, 0.6) is 5.75 Å². The van der Waals surface area contributed by atoms with Crippen LogP contribution in [-0.4, -0.2) is 55.2 Å². The van der Waals surface area contributed by atoms with Crippen molar-refractivity contribution >= 4 is 23.6 Å². The summed E-state index contributed by atoms with van der Waals surface area (Å²) in [4.78, 5) is 28.2. The molecule has 0 unspecified atom stereocenters. The van der Waals surface area contributed by atoms with Crippen molar-refractivity contribution in [3.05, 3.63) is 64.7 Å². The van der Waals surface area contributed by atoms with Crippen molar-refractivity contribution in [2.45, 2.75) is 6.42 Å². The van der Waals surface area contributed by atoms with Crippen molar-refractivity contribution in [3.8, 4) is 5.75 Å². The Bertz CT molecular complexity index is 942. The van der Waals surface area contributed by atoms with Crippen LogP contribution >= 0.6 is 0 Å². The number of ether oxygens (including phenoxy) is 1. The average Bonchev–Trinajstić information content (AvgIpc) is 3.17. The molecule has 1 fully saturated rings. The van der Waals surface area contributed by atoms with Crippen LogP contribution in [0.2, 0.25) is 0 Å². The first-order valence-corrected chi connectivity index (χ1v) is 9.30. The second-order valence-corrected chi connectivity index (χ2v) is 7.04. The van der Waals surface area contributed by atoms with E-state index in [-0.39, 0.29) is 11.5 Å². The van der Waals surface area contributed by atoms with Gasteiger partial charge in [0.25, 0.3) is 0 Å². The zero-order valence-electron chi connectivity index (χ0n) is 15.7. The normalized spacial score (nSPS) is 15.8. The number of carboxylic acid groups (broad SMARTS) is 1. The standard InChI is InChI=1S/C22H22N2O4/c1-28-20-6-4-19(5-7-20)23-8-10-24(11-9-23)21(25)18-12-15-2-3-16(22(26)27)13-17(15)14-18/h2-7,13-14H,8-12H2,1H3,(H,26,27). The van der Waals surface area contributed by atoms with E-state index >= 15 is 0 Å². The van der Waals surface area contributed by atoms with E-state index in [2.05, 4.69) is 4.90 Å². The van der Waals surface area contributed by atoms with Gasteiger partial charge in [0.2, 0.25) is 5.91 Å². The van der Waals surface area contributed by atoms with Crippen molar-refractivity contribution in [2.75, 3.05) is 38.2 Å². The van der Waals surface area contributed by atoms with Crippen molar-refractivity contribution in [1.82, 2.24) is 4.90 Å². The van der Waals surface area contributed by atoms with E-state index in [9.17, 15) is 9.59 Å². The Labute approximate surface area is 163 Å². The number of carbonyl (C=O) groups excluding carboxylic acids is 1. The predicted octanol–water partition coefficient (Wildman–Crippen LogP) is 2.68. The summed E-state index contributed by atoms with van der Waals surface area (Å²) in [5.41, 5.74) is 3.94. The van der Waals surface area contributed by atoms with Gasteiger partial charge in [0.15, 0.2) is 0 Å². The first-order valence-electron chi connectivity index (χ1n) is 9.30. The van der Waals surface area contributed by atoms with Crippen LogP contribution in [-0.2, 0) is 11.2 Å². The number of anilines is 1. The van der Waals surface area contributed by atoms with Crippen molar-refractivity contribution in [3.63, 3.8) is 0 Å². The molecule has 4 rings (SSSR count). The Kier molecular flexibility index (Phi) is 4.77.